The summed E-state index contributed by atoms with van der Waals surface area (Å²) in [6, 6.07) is 14.1. The maximum Gasteiger partial charge on any atom is 0.416 e. The Morgan fingerprint density at radius 3 is 2.60 bits per heavy atom. The second-order valence-corrected chi connectivity index (χ2v) is 8.03. The Morgan fingerprint density at radius 1 is 1.13 bits per heavy atom. The molecule has 0 aliphatic carbocycles. The average molecular weight is 417 g/mol. The number of piperazine rings is 1. The van der Waals surface area contributed by atoms with Crippen molar-refractivity contribution in [1.29, 1.82) is 0 Å². The van der Waals surface area contributed by atoms with E-state index in [4.69, 9.17) is 0 Å². The molecule has 0 aromatic heterocycles. The molecule has 2 aromatic rings. The third kappa shape index (κ3) is 4.17. The van der Waals surface area contributed by atoms with Crippen molar-refractivity contribution in [3.05, 3.63) is 65.2 Å². The fraction of sp³-hybridized carbons (Fsp3) is 0.435. The van der Waals surface area contributed by atoms with E-state index in [9.17, 15) is 18.0 Å². The number of rotatable bonds is 4. The van der Waals surface area contributed by atoms with Gasteiger partial charge in [0, 0.05) is 38.4 Å². The first kappa shape index (κ1) is 20.7. The Hall–Kier alpha value is -2.54. The summed E-state index contributed by atoms with van der Waals surface area (Å²) in [6.07, 6.45) is -4.06. The minimum Gasteiger partial charge on any atom is -0.365 e. The van der Waals surface area contributed by atoms with Crippen molar-refractivity contribution in [2.75, 3.05) is 31.1 Å². The van der Waals surface area contributed by atoms with Gasteiger partial charge in [-0.05, 0) is 42.7 Å². The highest BCUT2D eigenvalue weighted by Gasteiger charge is 2.42. The number of halogens is 3. The molecule has 2 heterocycles. The van der Waals surface area contributed by atoms with Crippen molar-refractivity contribution >= 4 is 11.6 Å². The fourth-order valence-corrected chi connectivity index (χ4v) is 4.65. The normalized spacial score (nSPS) is 21.7. The Bertz CT molecular complexity index is 900. The quantitative estimate of drug-likeness (QED) is 0.824. The SMILES string of the molecule is CCNC(=O)[C@H]1Cc2cc(C(F)(F)F)ccc2N2CCN(Cc3ccccc3)C[C@H]12. The number of anilines is 1. The van der Waals surface area contributed by atoms with Crippen molar-refractivity contribution in [2.45, 2.75) is 32.1 Å². The highest BCUT2D eigenvalue weighted by molar-refractivity contribution is 5.82. The number of hydrogen-bond acceptors (Lipinski definition) is 3. The number of hydrogen-bond donors (Lipinski definition) is 1. The molecule has 4 nitrogen and oxygen atoms in total. The summed E-state index contributed by atoms with van der Waals surface area (Å²) in [5, 5.41) is 2.88. The lowest BCUT2D eigenvalue weighted by Gasteiger charge is -2.49. The molecule has 0 saturated carbocycles. The summed E-state index contributed by atoms with van der Waals surface area (Å²) >= 11 is 0. The molecular weight excluding hydrogens is 391 g/mol. The van der Waals surface area contributed by atoms with E-state index in [1.807, 2.05) is 25.1 Å². The minimum absolute atomic E-state index is 0.0572. The van der Waals surface area contributed by atoms with Gasteiger partial charge in [-0.25, -0.2) is 0 Å². The van der Waals surface area contributed by atoms with Crippen molar-refractivity contribution in [3.63, 3.8) is 0 Å². The van der Waals surface area contributed by atoms with Gasteiger partial charge < -0.3 is 10.2 Å². The Labute approximate surface area is 174 Å². The molecule has 2 atom stereocenters. The molecule has 2 aliphatic rings. The molecule has 1 amide bonds. The zero-order valence-corrected chi connectivity index (χ0v) is 17.0. The highest BCUT2D eigenvalue weighted by Crippen LogP contribution is 2.39. The lowest BCUT2D eigenvalue weighted by atomic mass is 9.82. The molecule has 1 N–H and O–H groups in total. The van der Waals surface area contributed by atoms with Gasteiger partial charge in [0.2, 0.25) is 5.91 Å². The Balaban J connectivity index is 1.62. The van der Waals surface area contributed by atoms with Crippen LogP contribution in [0.25, 0.3) is 0 Å². The number of alkyl halides is 3. The zero-order valence-electron chi connectivity index (χ0n) is 17.0. The summed E-state index contributed by atoms with van der Waals surface area (Å²) < 4.78 is 39.7. The van der Waals surface area contributed by atoms with Crippen LogP contribution in [-0.4, -0.2) is 43.0 Å². The van der Waals surface area contributed by atoms with Crippen LogP contribution in [0.4, 0.5) is 18.9 Å². The van der Waals surface area contributed by atoms with Crippen LogP contribution in [0, 0.1) is 5.92 Å². The number of fused-ring (bicyclic) bond motifs is 3. The first-order valence-corrected chi connectivity index (χ1v) is 10.4. The molecule has 1 fully saturated rings. The van der Waals surface area contributed by atoms with Gasteiger partial charge in [-0.15, -0.1) is 0 Å². The van der Waals surface area contributed by atoms with Crippen molar-refractivity contribution in [3.8, 4) is 0 Å². The summed E-state index contributed by atoms with van der Waals surface area (Å²) in [5.41, 5.74) is 1.99. The van der Waals surface area contributed by atoms with E-state index in [1.54, 1.807) is 6.07 Å². The van der Waals surface area contributed by atoms with Gasteiger partial charge in [0.1, 0.15) is 0 Å². The number of nitrogens with zero attached hydrogens (tertiary/aromatic N) is 2. The predicted molar refractivity (Wildman–Crippen MR) is 110 cm³/mol. The van der Waals surface area contributed by atoms with E-state index < -0.39 is 11.7 Å². The van der Waals surface area contributed by atoms with Crippen molar-refractivity contribution in [1.82, 2.24) is 10.2 Å². The van der Waals surface area contributed by atoms with Gasteiger partial charge in [0.15, 0.2) is 0 Å². The highest BCUT2D eigenvalue weighted by atomic mass is 19.4. The topological polar surface area (TPSA) is 35.6 Å². The van der Waals surface area contributed by atoms with E-state index in [0.717, 1.165) is 24.8 Å². The Kier molecular flexibility index (Phi) is 5.73. The predicted octanol–water partition coefficient (Wildman–Crippen LogP) is 3.70. The van der Waals surface area contributed by atoms with Crippen LogP contribution in [0.2, 0.25) is 0 Å². The molecule has 7 heteroatoms. The number of nitrogens with one attached hydrogen (secondary N) is 1. The fourth-order valence-electron chi connectivity index (χ4n) is 4.65. The van der Waals surface area contributed by atoms with E-state index in [1.165, 1.54) is 11.6 Å². The summed E-state index contributed by atoms with van der Waals surface area (Å²) in [4.78, 5) is 17.3. The van der Waals surface area contributed by atoms with E-state index in [0.29, 0.717) is 31.6 Å². The molecule has 0 spiro atoms. The largest absolute Gasteiger partial charge is 0.416 e. The average Bonchev–Trinajstić information content (AvgIpc) is 2.73. The van der Waals surface area contributed by atoms with Gasteiger partial charge in [0.05, 0.1) is 17.5 Å². The molecule has 0 radical (unpaired) electrons. The molecule has 0 unspecified atom stereocenters. The van der Waals surface area contributed by atoms with Crippen LogP contribution < -0.4 is 10.2 Å². The maximum atomic E-state index is 13.2. The zero-order chi connectivity index (χ0) is 21.3. The lowest BCUT2D eigenvalue weighted by Crippen LogP contribution is -2.60. The molecule has 30 heavy (non-hydrogen) atoms. The van der Waals surface area contributed by atoms with Crippen molar-refractivity contribution < 1.29 is 18.0 Å². The summed E-state index contributed by atoms with van der Waals surface area (Å²) in [5.74, 6) is -0.461. The summed E-state index contributed by atoms with van der Waals surface area (Å²) in [6.45, 7) is 5.35. The molecule has 4 rings (SSSR count). The first-order chi connectivity index (χ1) is 14.4. The molecule has 160 valence electrons. The van der Waals surface area contributed by atoms with Crippen LogP contribution >= 0.6 is 0 Å². The number of amides is 1. The van der Waals surface area contributed by atoms with Crippen LogP contribution in [0.5, 0.6) is 0 Å². The minimum atomic E-state index is -4.39. The van der Waals surface area contributed by atoms with E-state index in [-0.39, 0.29) is 17.9 Å². The third-order valence-corrected chi connectivity index (χ3v) is 6.06. The van der Waals surface area contributed by atoms with Gasteiger partial charge in [-0.3, -0.25) is 9.69 Å². The standard InChI is InChI=1S/C23H26F3N3O/c1-2-27-22(30)19-13-17-12-18(23(24,25)26)8-9-20(17)29-11-10-28(15-21(19)29)14-16-6-4-3-5-7-16/h3-9,12,19,21H,2,10-11,13-15H2,1H3,(H,27,30)/t19-,21+/m0/s1. The lowest BCUT2D eigenvalue weighted by molar-refractivity contribution is -0.137. The molecule has 0 bridgehead atoms. The van der Waals surface area contributed by atoms with Crippen LogP contribution in [0.1, 0.15) is 23.6 Å². The van der Waals surface area contributed by atoms with Gasteiger partial charge in [-0.1, -0.05) is 30.3 Å². The van der Waals surface area contributed by atoms with Crippen LogP contribution in [0.15, 0.2) is 48.5 Å². The summed E-state index contributed by atoms with van der Waals surface area (Å²) in [7, 11) is 0. The Morgan fingerprint density at radius 2 is 1.90 bits per heavy atom. The van der Waals surface area contributed by atoms with Crippen LogP contribution in [0.3, 0.4) is 0 Å². The van der Waals surface area contributed by atoms with Gasteiger partial charge in [0.25, 0.3) is 0 Å². The number of carbonyl (C=O) groups excluding carboxylic acids is 1. The monoisotopic (exact) mass is 417 g/mol. The second-order valence-electron chi connectivity index (χ2n) is 8.03. The van der Waals surface area contributed by atoms with Gasteiger partial charge >= 0.3 is 6.18 Å². The first-order valence-electron chi connectivity index (χ1n) is 10.4. The number of carbonyl (C=O) groups is 1. The maximum absolute atomic E-state index is 13.2. The smallest absolute Gasteiger partial charge is 0.365 e. The molecule has 1 saturated heterocycles. The van der Waals surface area contributed by atoms with E-state index >= 15 is 0 Å². The number of benzene rings is 2. The molecular formula is C23H26F3N3O. The van der Waals surface area contributed by atoms with Gasteiger partial charge in [-0.2, -0.15) is 13.2 Å². The molecule has 2 aliphatic heterocycles. The van der Waals surface area contributed by atoms with Crippen molar-refractivity contribution in [2.24, 2.45) is 5.92 Å². The molecule has 2 aromatic carbocycles. The van der Waals surface area contributed by atoms with Crippen LogP contribution in [-0.2, 0) is 23.9 Å². The second kappa shape index (κ2) is 8.30. The van der Waals surface area contributed by atoms with E-state index in [2.05, 4.69) is 27.2 Å². The third-order valence-electron chi connectivity index (χ3n) is 6.06.